The van der Waals surface area contributed by atoms with Crippen LogP contribution in [0.4, 0.5) is 0 Å². The number of ether oxygens (including phenoxy) is 1. The number of carbonyl (C=O) groups excluding carboxylic acids is 1. The van der Waals surface area contributed by atoms with Crippen LogP contribution in [0.25, 0.3) is 0 Å². The van der Waals surface area contributed by atoms with E-state index in [1.54, 1.807) is 0 Å². The first kappa shape index (κ1) is 12.5. The Bertz CT molecular complexity index is 229. The SMILES string of the molecule is CC(C)(N)CCC(=O)NCC1(C)COC1. The molecule has 1 heterocycles. The van der Waals surface area contributed by atoms with E-state index in [0.717, 1.165) is 13.2 Å². The molecule has 0 bridgehead atoms. The second-order valence-corrected chi connectivity index (χ2v) is 5.57. The van der Waals surface area contributed by atoms with Crippen LogP contribution in [0.15, 0.2) is 0 Å². The van der Waals surface area contributed by atoms with Gasteiger partial charge in [0.2, 0.25) is 5.91 Å². The molecule has 4 nitrogen and oxygen atoms in total. The van der Waals surface area contributed by atoms with Crippen LogP contribution < -0.4 is 11.1 Å². The van der Waals surface area contributed by atoms with Crippen molar-refractivity contribution in [3.05, 3.63) is 0 Å². The molecule has 0 unspecified atom stereocenters. The van der Waals surface area contributed by atoms with E-state index in [9.17, 15) is 4.79 Å². The number of hydrogen-bond acceptors (Lipinski definition) is 3. The second kappa shape index (κ2) is 4.49. The lowest BCUT2D eigenvalue weighted by Crippen LogP contribution is -2.48. The number of nitrogens with one attached hydrogen (secondary N) is 1. The lowest BCUT2D eigenvalue weighted by molar-refractivity contribution is -0.127. The van der Waals surface area contributed by atoms with E-state index in [1.165, 1.54) is 0 Å². The second-order valence-electron chi connectivity index (χ2n) is 5.57. The van der Waals surface area contributed by atoms with Crippen molar-refractivity contribution < 1.29 is 9.53 Å². The molecule has 1 aliphatic rings. The van der Waals surface area contributed by atoms with Crippen LogP contribution in [0, 0.1) is 5.41 Å². The highest BCUT2D eigenvalue weighted by Crippen LogP contribution is 2.25. The molecular formula is C11H22N2O2. The molecule has 1 aliphatic heterocycles. The largest absolute Gasteiger partial charge is 0.380 e. The van der Waals surface area contributed by atoms with Crippen molar-refractivity contribution in [1.29, 1.82) is 0 Å². The van der Waals surface area contributed by atoms with Gasteiger partial charge in [0.1, 0.15) is 0 Å². The molecule has 15 heavy (non-hydrogen) atoms. The standard InChI is InChI=1S/C11H22N2O2/c1-10(2,12)5-4-9(14)13-6-11(3)7-15-8-11/h4-8,12H2,1-3H3,(H,13,14). The van der Waals surface area contributed by atoms with Gasteiger partial charge in [0.25, 0.3) is 0 Å². The molecule has 1 saturated heterocycles. The minimum atomic E-state index is -0.263. The quantitative estimate of drug-likeness (QED) is 0.706. The molecule has 0 saturated carbocycles. The number of hydrogen-bond donors (Lipinski definition) is 2. The van der Waals surface area contributed by atoms with E-state index < -0.39 is 0 Å². The highest BCUT2D eigenvalue weighted by Gasteiger charge is 2.33. The van der Waals surface area contributed by atoms with Crippen LogP contribution in [-0.2, 0) is 9.53 Å². The van der Waals surface area contributed by atoms with Crippen LogP contribution in [0.1, 0.15) is 33.6 Å². The van der Waals surface area contributed by atoms with Gasteiger partial charge >= 0.3 is 0 Å². The Kier molecular flexibility index (Phi) is 3.73. The first-order chi connectivity index (χ1) is 6.81. The van der Waals surface area contributed by atoms with E-state index in [0.29, 0.717) is 19.4 Å². The zero-order chi connectivity index (χ0) is 11.5. The molecule has 0 spiro atoms. The fourth-order valence-electron chi connectivity index (χ4n) is 1.39. The first-order valence-electron chi connectivity index (χ1n) is 5.44. The summed E-state index contributed by atoms with van der Waals surface area (Å²) in [6.45, 7) is 8.18. The summed E-state index contributed by atoms with van der Waals surface area (Å²) < 4.78 is 5.11. The third-order valence-electron chi connectivity index (χ3n) is 2.61. The third kappa shape index (κ3) is 4.62. The maximum absolute atomic E-state index is 11.5. The lowest BCUT2D eigenvalue weighted by Gasteiger charge is -2.38. The minimum Gasteiger partial charge on any atom is -0.380 e. The van der Waals surface area contributed by atoms with E-state index in [2.05, 4.69) is 12.2 Å². The molecule has 88 valence electrons. The monoisotopic (exact) mass is 214 g/mol. The Hall–Kier alpha value is -0.610. The van der Waals surface area contributed by atoms with Crippen LogP contribution >= 0.6 is 0 Å². The van der Waals surface area contributed by atoms with Gasteiger partial charge in [0.15, 0.2) is 0 Å². The zero-order valence-electron chi connectivity index (χ0n) is 9.93. The molecule has 3 N–H and O–H groups in total. The number of rotatable bonds is 5. The number of nitrogens with two attached hydrogens (primary N) is 1. The van der Waals surface area contributed by atoms with Gasteiger partial charge in [-0.1, -0.05) is 6.92 Å². The molecular weight excluding hydrogens is 192 g/mol. The predicted octanol–water partition coefficient (Wildman–Crippen LogP) is 0.657. The molecule has 4 heteroatoms. The predicted molar refractivity (Wildman–Crippen MR) is 59.4 cm³/mol. The topological polar surface area (TPSA) is 64.4 Å². The Balaban J connectivity index is 2.14. The van der Waals surface area contributed by atoms with Crippen molar-refractivity contribution in [2.75, 3.05) is 19.8 Å². The summed E-state index contributed by atoms with van der Waals surface area (Å²) in [5, 5.41) is 2.92. The van der Waals surface area contributed by atoms with Crippen LogP contribution in [-0.4, -0.2) is 31.2 Å². The van der Waals surface area contributed by atoms with Crippen molar-refractivity contribution in [2.45, 2.75) is 39.2 Å². The third-order valence-corrected chi connectivity index (χ3v) is 2.61. The van der Waals surface area contributed by atoms with Gasteiger partial charge < -0.3 is 15.8 Å². The molecule has 0 aromatic heterocycles. The Morgan fingerprint density at radius 3 is 2.53 bits per heavy atom. The molecule has 0 radical (unpaired) electrons. The van der Waals surface area contributed by atoms with Crippen LogP contribution in [0.3, 0.4) is 0 Å². The Labute approximate surface area is 91.5 Å². The van der Waals surface area contributed by atoms with Gasteiger partial charge in [-0.3, -0.25) is 4.79 Å². The summed E-state index contributed by atoms with van der Waals surface area (Å²) in [4.78, 5) is 11.5. The van der Waals surface area contributed by atoms with Gasteiger partial charge in [-0.2, -0.15) is 0 Å². The van der Waals surface area contributed by atoms with E-state index in [-0.39, 0.29) is 16.9 Å². The van der Waals surface area contributed by atoms with E-state index in [1.807, 2.05) is 13.8 Å². The van der Waals surface area contributed by atoms with Crippen LogP contribution in [0.5, 0.6) is 0 Å². The van der Waals surface area contributed by atoms with Gasteiger partial charge in [0, 0.05) is 23.9 Å². The van der Waals surface area contributed by atoms with Gasteiger partial charge in [0.05, 0.1) is 13.2 Å². The highest BCUT2D eigenvalue weighted by molar-refractivity contribution is 5.76. The summed E-state index contributed by atoms with van der Waals surface area (Å²) in [7, 11) is 0. The summed E-state index contributed by atoms with van der Waals surface area (Å²) in [5.41, 5.74) is 5.69. The van der Waals surface area contributed by atoms with E-state index in [4.69, 9.17) is 10.5 Å². The van der Waals surface area contributed by atoms with Crippen LogP contribution in [0.2, 0.25) is 0 Å². The summed E-state index contributed by atoms with van der Waals surface area (Å²) in [6.07, 6.45) is 1.21. The lowest BCUT2D eigenvalue weighted by atomic mass is 9.88. The van der Waals surface area contributed by atoms with E-state index >= 15 is 0 Å². The molecule has 1 fully saturated rings. The Morgan fingerprint density at radius 1 is 1.53 bits per heavy atom. The average Bonchev–Trinajstić information content (AvgIpc) is 2.07. The number of carbonyl (C=O) groups is 1. The fraction of sp³-hybridized carbons (Fsp3) is 0.909. The fourth-order valence-corrected chi connectivity index (χ4v) is 1.39. The van der Waals surface area contributed by atoms with Crippen molar-refractivity contribution >= 4 is 5.91 Å². The minimum absolute atomic E-state index is 0.0849. The van der Waals surface area contributed by atoms with Gasteiger partial charge in [-0.15, -0.1) is 0 Å². The first-order valence-corrected chi connectivity index (χ1v) is 5.44. The highest BCUT2D eigenvalue weighted by atomic mass is 16.5. The average molecular weight is 214 g/mol. The summed E-state index contributed by atoms with van der Waals surface area (Å²) in [6, 6.07) is 0. The van der Waals surface area contributed by atoms with Crippen molar-refractivity contribution in [3.63, 3.8) is 0 Å². The zero-order valence-corrected chi connectivity index (χ0v) is 9.93. The summed E-state index contributed by atoms with van der Waals surface area (Å²) >= 11 is 0. The smallest absolute Gasteiger partial charge is 0.220 e. The molecule has 1 amide bonds. The molecule has 0 aliphatic carbocycles. The molecule has 0 atom stereocenters. The summed E-state index contributed by atoms with van der Waals surface area (Å²) in [5.74, 6) is 0.0849. The normalized spacial score (nSPS) is 19.5. The van der Waals surface area contributed by atoms with Crippen molar-refractivity contribution in [1.82, 2.24) is 5.32 Å². The number of amides is 1. The molecule has 0 aromatic rings. The van der Waals surface area contributed by atoms with Gasteiger partial charge in [-0.05, 0) is 20.3 Å². The maximum atomic E-state index is 11.5. The molecule has 0 aromatic carbocycles. The molecule has 1 rings (SSSR count). The Morgan fingerprint density at radius 2 is 2.13 bits per heavy atom. The van der Waals surface area contributed by atoms with Crippen molar-refractivity contribution in [2.24, 2.45) is 11.1 Å². The maximum Gasteiger partial charge on any atom is 0.220 e. The van der Waals surface area contributed by atoms with Crippen molar-refractivity contribution in [3.8, 4) is 0 Å². The van der Waals surface area contributed by atoms with Gasteiger partial charge in [-0.25, -0.2) is 0 Å².